The minimum atomic E-state index is -4.39. The van der Waals surface area contributed by atoms with Gasteiger partial charge >= 0.3 is 12.1 Å². The van der Waals surface area contributed by atoms with Gasteiger partial charge in [0.05, 0.1) is 22.6 Å². The van der Waals surface area contributed by atoms with Gasteiger partial charge in [0.15, 0.2) is 0 Å². The van der Waals surface area contributed by atoms with E-state index >= 15 is 0 Å². The lowest BCUT2D eigenvalue weighted by Crippen LogP contribution is -2.48. The third-order valence-electron chi connectivity index (χ3n) is 7.47. The number of benzene rings is 2. The van der Waals surface area contributed by atoms with Gasteiger partial charge in [-0.05, 0) is 55.5 Å². The number of hydrogen-bond acceptors (Lipinski definition) is 2. The van der Waals surface area contributed by atoms with Gasteiger partial charge in [-0.25, -0.2) is 0 Å². The van der Waals surface area contributed by atoms with Gasteiger partial charge < -0.3 is 15.0 Å². The van der Waals surface area contributed by atoms with Crippen LogP contribution >= 0.6 is 0 Å². The van der Waals surface area contributed by atoms with Crippen molar-refractivity contribution in [3.63, 3.8) is 0 Å². The number of carboxylic acids is 1. The maximum Gasteiger partial charge on any atom is 0.416 e. The van der Waals surface area contributed by atoms with E-state index in [0.717, 1.165) is 43.2 Å². The summed E-state index contributed by atoms with van der Waals surface area (Å²) in [6.45, 7) is 0.320. The highest BCUT2D eigenvalue weighted by molar-refractivity contribution is 6.06. The summed E-state index contributed by atoms with van der Waals surface area (Å²) < 4.78 is 40.5. The quantitative estimate of drug-likeness (QED) is 0.519. The summed E-state index contributed by atoms with van der Waals surface area (Å²) in [5, 5.41) is 13.6. The number of fused-ring (bicyclic) bond motifs is 1. The Balaban J connectivity index is 1.41. The Morgan fingerprint density at radius 1 is 1.06 bits per heavy atom. The molecule has 2 aromatic carbocycles. The van der Waals surface area contributed by atoms with Crippen molar-refractivity contribution in [3.05, 3.63) is 71.4 Å². The number of nitrogens with one attached hydrogen (secondary N) is 1. The number of carbonyl (C=O) groups excluding carboxylic acids is 1. The first-order valence-electron chi connectivity index (χ1n) is 11.5. The predicted molar refractivity (Wildman–Crippen MR) is 120 cm³/mol. The summed E-state index contributed by atoms with van der Waals surface area (Å²) in [5.74, 6) is -1.46. The first kappa shape index (κ1) is 22.5. The van der Waals surface area contributed by atoms with Crippen molar-refractivity contribution in [2.24, 2.45) is 11.3 Å². The van der Waals surface area contributed by atoms with Gasteiger partial charge in [-0.2, -0.15) is 13.2 Å². The van der Waals surface area contributed by atoms with Crippen LogP contribution in [0.3, 0.4) is 0 Å². The van der Waals surface area contributed by atoms with Crippen molar-refractivity contribution >= 4 is 22.8 Å². The molecule has 2 aliphatic rings. The maximum absolute atomic E-state index is 13.4. The molecule has 0 bridgehead atoms. The fourth-order valence-corrected chi connectivity index (χ4v) is 5.58. The van der Waals surface area contributed by atoms with Crippen molar-refractivity contribution in [1.29, 1.82) is 0 Å². The van der Waals surface area contributed by atoms with Crippen LogP contribution in [0, 0.1) is 11.3 Å². The Morgan fingerprint density at radius 3 is 2.44 bits per heavy atom. The summed E-state index contributed by atoms with van der Waals surface area (Å²) in [4.78, 5) is 25.1. The normalized spacial score (nSPS) is 21.5. The molecule has 0 radical (unpaired) electrons. The molecule has 2 saturated carbocycles. The molecule has 5 nitrogen and oxygen atoms in total. The topological polar surface area (TPSA) is 71.3 Å². The molecule has 2 unspecified atom stereocenters. The molecule has 34 heavy (non-hydrogen) atoms. The zero-order valence-electron chi connectivity index (χ0n) is 18.4. The SMILES string of the molecule is O=C(NC1CCCC(C(=O)O)C12CC2)c1cccc2ccn(Cc3ccc(C(F)(F)F)cc3)c12. The molecule has 178 valence electrons. The fourth-order valence-electron chi connectivity index (χ4n) is 5.58. The van der Waals surface area contributed by atoms with Gasteiger partial charge in [-0.3, -0.25) is 9.59 Å². The second-order valence-electron chi connectivity index (χ2n) is 9.46. The van der Waals surface area contributed by atoms with Gasteiger partial charge in [0, 0.05) is 29.6 Å². The Morgan fingerprint density at radius 2 is 1.79 bits per heavy atom. The van der Waals surface area contributed by atoms with Gasteiger partial charge in [0.2, 0.25) is 0 Å². The molecular weight excluding hydrogens is 445 g/mol. The predicted octanol–water partition coefficient (Wildman–Crippen LogP) is 5.47. The van der Waals surface area contributed by atoms with Crippen LogP contribution in [0.2, 0.25) is 0 Å². The Kier molecular flexibility index (Phi) is 5.41. The first-order chi connectivity index (χ1) is 16.2. The largest absolute Gasteiger partial charge is 0.481 e. The van der Waals surface area contributed by atoms with E-state index in [1.54, 1.807) is 12.1 Å². The van der Waals surface area contributed by atoms with Gasteiger partial charge in [-0.15, -0.1) is 0 Å². The van der Waals surface area contributed by atoms with Crippen LogP contribution in [0.4, 0.5) is 13.2 Å². The fraction of sp³-hybridized carbons (Fsp3) is 0.385. The zero-order valence-corrected chi connectivity index (χ0v) is 18.4. The Labute approximate surface area is 194 Å². The number of carboxylic acid groups (broad SMARTS) is 1. The van der Waals surface area contributed by atoms with Gasteiger partial charge in [0.25, 0.3) is 5.91 Å². The summed E-state index contributed by atoms with van der Waals surface area (Å²) in [6.07, 6.45) is 1.22. The van der Waals surface area contributed by atoms with Crippen LogP contribution in [0.1, 0.15) is 53.6 Å². The van der Waals surface area contributed by atoms with Crippen molar-refractivity contribution in [2.75, 3.05) is 0 Å². The van der Waals surface area contributed by atoms with Crippen molar-refractivity contribution in [2.45, 2.75) is 50.9 Å². The van der Waals surface area contributed by atoms with E-state index < -0.39 is 23.6 Å². The number of carbonyl (C=O) groups is 2. The molecule has 2 fully saturated rings. The second-order valence-corrected chi connectivity index (χ2v) is 9.46. The van der Waals surface area contributed by atoms with Gasteiger partial charge in [-0.1, -0.05) is 30.7 Å². The minimum absolute atomic E-state index is 0.177. The van der Waals surface area contributed by atoms with Crippen LogP contribution in [-0.2, 0) is 17.5 Å². The van der Waals surface area contributed by atoms with Crippen LogP contribution < -0.4 is 5.32 Å². The van der Waals surface area contributed by atoms with Crippen LogP contribution in [0.25, 0.3) is 10.9 Å². The molecule has 1 spiro atoms. The van der Waals surface area contributed by atoms with E-state index in [1.807, 2.05) is 22.9 Å². The van der Waals surface area contributed by atoms with E-state index in [1.165, 1.54) is 12.1 Å². The number of alkyl halides is 3. The third-order valence-corrected chi connectivity index (χ3v) is 7.47. The Bertz CT molecular complexity index is 1240. The number of aromatic nitrogens is 1. The average Bonchev–Trinajstić information content (AvgIpc) is 3.47. The molecule has 1 aromatic heterocycles. The van der Waals surface area contributed by atoms with E-state index in [9.17, 15) is 27.9 Å². The highest BCUT2D eigenvalue weighted by Gasteiger charge is 2.59. The lowest BCUT2D eigenvalue weighted by Gasteiger charge is -2.37. The summed E-state index contributed by atoms with van der Waals surface area (Å²) in [7, 11) is 0. The number of rotatable bonds is 5. The maximum atomic E-state index is 13.4. The highest BCUT2D eigenvalue weighted by atomic mass is 19.4. The molecule has 2 aliphatic carbocycles. The number of hydrogen-bond donors (Lipinski definition) is 2. The molecule has 3 aromatic rings. The molecule has 5 rings (SSSR count). The van der Waals surface area contributed by atoms with Crippen molar-refractivity contribution in [3.8, 4) is 0 Å². The van der Waals surface area contributed by atoms with E-state index in [0.29, 0.717) is 29.6 Å². The van der Waals surface area contributed by atoms with Crippen LogP contribution in [0.15, 0.2) is 54.7 Å². The average molecular weight is 470 g/mol. The zero-order chi connectivity index (χ0) is 24.1. The molecule has 0 saturated heterocycles. The van der Waals surface area contributed by atoms with Crippen LogP contribution in [-0.4, -0.2) is 27.6 Å². The van der Waals surface area contributed by atoms with Gasteiger partial charge in [0.1, 0.15) is 0 Å². The molecule has 0 aliphatic heterocycles. The number of para-hydroxylation sites is 1. The van der Waals surface area contributed by atoms with E-state index in [2.05, 4.69) is 5.32 Å². The lowest BCUT2D eigenvalue weighted by molar-refractivity contribution is -0.146. The number of aliphatic carboxylic acids is 1. The smallest absolute Gasteiger partial charge is 0.416 e. The molecular formula is C26H25F3N2O3. The van der Waals surface area contributed by atoms with E-state index in [-0.39, 0.29) is 17.4 Å². The Hall–Kier alpha value is -3.29. The minimum Gasteiger partial charge on any atom is -0.481 e. The standard InChI is InChI=1S/C26H25F3N2O3/c27-26(28,29)18-9-7-16(8-10-18)15-31-14-11-17-3-1-4-19(22(17)31)23(32)30-21-6-2-5-20(24(33)34)25(21)12-13-25/h1,3-4,7-11,14,20-21H,2,5-6,12-13,15H2,(H,30,32)(H,33,34). The molecule has 8 heteroatoms. The first-order valence-corrected chi connectivity index (χ1v) is 11.5. The van der Waals surface area contributed by atoms with Crippen molar-refractivity contribution in [1.82, 2.24) is 9.88 Å². The lowest BCUT2D eigenvalue weighted by atomic mass is 9.72. The molecule has 2 N–H and O–H groups in total. The number of halogens is 3. The monoisotopic (exact) mass is 470 g/mol. The summed E-state index contributed by atoms with van der Waals surface area (Å²) >= 11 is 0. The number of amides is 1. The van der Waals surface area contributed by atoms with Crippen LogP contribution in [0.5, 0.6) is 0 Å². The summed E-state index contributed by atoms with van der Waals surface area (Å²) in [5.41, 5.74) is 0.817. The third kappa shape index (κ3) is 3.95. The second kappa shape index (κ2) is 8.18. The molecule has 2 atom stereocenters. The molecule has 1 amide bonds. The number of nitrogens with zero attached hydrogens (tertiary/aromatic N) is 1. The summed E-state index contributed by atoms with van der Waals surface area (Å²) in [6, 6.07) is 12.1. The van der Waals surface area contributed by atoms with E-state index in [4.69, 9.17) is 0 Å². The highest BCUT2D eigenvalue weighted by Crippen LogP contribution is 2.59. The molecule has 1 heterocycles. The van der Waals surface area contributed by atoms with Crippen molar-refractivity contribution < 1.29 is 27.9 Å².